The van der Waals surface area contributed by atoms with Gasteiger partial charge in [0.25, 0.3) is 0 Å². The summed E-state index contributed by atoms with van der Waals surface area (Å²) < 4.78 is 7.99. The molecule has 1 fully saturated rings. The molecule has 1 amide bonds. The summed E-state index contributed by atoms with van der Waals surface area (Å²) in [5, 5.41) is 4.23. The lowest BCUT2D eigenvalue weighted by Gasteiger charge is -2.26. The molecule has 7 heteroatoms. The molecule has 7 nitrogen and oxygen atoms in total. The predicted molar refractivity (Wildman–Crippen MR) is 103 cm³/mol. The van der Waals surface area contributed by atoms with Crippen LogP contribution in [0.5, 0.6) is 0 Å². The lowest BCUT2D eigenvalue weighted by Crippen LogP contribution is -2.40. The van der Waals surface area contributed by atoms with Crippen LogP contribution in [-0.4, -0.2) is 62.8 Å². The zero-order valence-corrected chi connectivity index (χ0v) is 16.4. The summed E-state index contributed by atoms with van der Waals surface area (Å²) in [6.45, 7) is 8.02. The van der Waals surface area contributed by atoms with Gasteiger partial charge in [0.05, 0.1) is 25.5 Å². The molecule has 1 aliphatic rings. The van der Waals surface area contributed by atoms with Gasteiger partial charge in [0.15, 0.2) is 0 Å². The number of amides is 1. The van der Waals surface area contributed by atoms with Crippen LogP contribution in [0.3, 0.4) is 0 Å². The molecule has 146 valence electrons. The normalized spacial score (nSPS) is 18.9. The Morgan fingerprint density at radius 1 is 1.22 bits per heavy atom. The van der Waals surface area contributed by atoms with Gasteiger partial charge in [-0.3, -0.25) is 19.4 Å². The highest BCUT2D eigenvalue weighted by atomic mass is 16.5. The number of carbonyl (C=O) groups is 1. The monoisotopic (exact) mass is 371 g/mol. The number of hydrogen-bond acceptors (Lipinski definition) is 5. The molecule has 0 bridgehead atoms. The van der Waals surface area contributed by atoms with Gasteiger partial charge in [-0.25, -0.2) is 0 Å². The number of pyridine rings is 1. The average molecular weight is 371 g/mol. The number of carbonyl (C=O) groups excluding carboxylic acids is 1. The smallest absolute Gasteiger partial charge is 0.236 e. The van der Waals surface area contributed by atoms with Crippen molar-refractivity contribution in [2.75, 3.05) is 26.2 Å². The third kappa shape index (κ3) is 5.87. The molecule has 1 saturated heterocycles. The van der Waals surface area contributed by atoms with E-state index in [4.69, 9.17) is 4.74 Å². The minimum Gasteiger partial charge on any atom is -0.370 e. The second kappa shape index (κ2) is 9.10. The second-order valence-corrected chi connectivity index (χ2v) is 7.67. The predicted octanol–water partition coefficient (Wildman–Crippen LogP) is 1.70. The fraction of sp³-hybridized carbons (Fsp3) is 0.550. The molecule has 0 spiro atoms. The van der Waals surface area contributed by atoms with Gasteiger partial charge in [-0.2, -0.15) is 5.10 Å². The molecule has 3 rings (SSSR count). The first-order valence-electron chi connectivity index (χ1n) is 9.47. The Hall–Kier alpha value is -2.25. The highest BCUT2D eigenvalue weighted by Gasteiger charge is 2.29. The van der Waals surface area contributed by atoms with E-state index in [1.54, 1.807) is 17.1 Å². The van der Waals surface area contributed by atoms with Gasteiger partial charge in [0.2, 0.25) is 5.91 Å². The maximum atomic E-state index is 12.8. The zero-order chi connectivity index (χ0) is 19.2. The third-order valence-corrected chi connectivity index (χ3v) is 4.58. The van der Waals surface area contributed by atoms with Crippen molar-refractivity contribution in [2.24, 2.45) is 13.0 Å². The first kappa shape index (κ1) is 19.5. The summed E-state index contributed by atoms with van der Waals surface area (Å²) in [5.41, 5.74) is 2.20. The Bertz CT molecular complexity index is 731. The van der Waals surface area contributed by atoms with Gasteiger partial charge >= 0.3 is 0 Å². The highest BCUT2D eigenvalue weighted by molar-refractivity contribution is 5.78. The number of rotatable bonds is 7. The molecule has 1 aliphatic heterocycles. The van der Waals surface area contributed by atoms with Crippen LogP contribution < -0.4 is 0 Å². The highest BCUT2D eigenvalue weighted by Crippen LogP contribution is 2.15. The molecule has 1 atom stereocenters. The van der Waals surface area contributed by atoms with Crippen LogP contribution in [0.4, 0.5) is 0 Å². The fourth-order valence-electron chi connectivity index (χ4n) is 3.40. The number of aryl methyl sites for hydroxylation is 1. The minimum absolute atomic E-state index is 0.0277. The van der Waals surface area contributed by atoms with Gasteiger partial charge < -0.3 is 9.64 Å². The van der Waals surface area contributed by atoms with Crippen LogP contribution in [0, 0.1) is 5.92 Å². The zero-order valence-electron chi connectivity index (χ0n) is 16.4. The van der Waals surface area contributed by atoms with E-state index in [-0.39, 0.29) is 12.0 Å². The number of aromatic nitrogens is 3. The topological polar surface area (TPSA) is 63.5 Å². The molecular formula is C20H29N5O2. The SMILES string of the molecule is CC(C)CN1CC(OCc2ccncc2)CN(Cc2cnn(C)c2)CC1=O. The summed E-state index contributed by atoms with van der Waals surface area (Å²) in [6.07, 6.45) is 7.37. The fourth-order valence-corrected chi connectivity index (χ4v) is 3.40. The molecule has 0 aromatic carbocycles. The Morgan fingerprint density at radius 2 is 2.00 bits per heavy atom. The molecule has 2 aromatic rings. The van der Waals surface area contributed by atoms with E-state index in [9.17, 15) is 4.79 Å². The van der Waals surface area contributed by atoms with Gasteiger partial charge in [-0.15, -0.1) is 0 Å². The van der Waals surface area contributed by atoms with Crippen LogP contribution in [0.25, 0.3) is 0 Å². The van der Waals surface area contributed by atoms with E-state index < -0.39 is 0 Å². The van der Waals surface area contributed by atoms with Crippen molar-refractivity contribution in [3.05, 3.63) is 48.0 Å². The van der Waals surface area contributed by atoms with Crippen molar-refractivity contribution in [3.8, 4) is 0 Å². The van der Waals surface area contributed by atoms with Crippen molar-refractivity contribution in [1.82, 2.24) is 24.6 Å². The molecule has 0 N–H and O–H groups in total. The maximum Gasteiger partial charge on any atom is 0.236 e. The molecule has 0 saturated carbocycles. The van der Waals surface area contributed by atoms with E-state index in [0.29, 0.717) is 32.2 Å². The quantitative estimate of drug-likeness (QED) is 0.741. The van der Waals surface area contributed by atoms with E-state index in [1.807, 2.05) is 36.5 Å². The van der Waals surface area contributed by atoms with Gasteiger partial charge in [-0.1, -0.05) is 13.8 Å². The van der Waals surface area contributed by atoms with Gasteiger partial charge in [0, 0.05) is 57.4 Å². The van der Waals surface area contributed by atoms with Crippen molar-refractivity contribution in [2.45, 2.75) is 33.1 Å². The van der Waals surface area contributed by atoms with E-state index in [0.717, 1.165) is 24.2 Å². The van der Waals surface area contributed by atoms with Crippen molar-refractivity contribution in [1.29, 1.82) is 0 Å². The van der Waals surface area contributed by atoms with Crippen LogP contribution in [0.1, 0.15) is 25.0 Å². The molecule has 0 aliphatic carbocycles. The van der Waals surface area contributed by atoms with E-state index in [1.165, 1.54) is 0 Å². The molecule has 1 unspecified atom stereocenters. The summed E-state index contributed by atoms with van der Waals surface area (Å²) in [6, 6.07) is 3.92. The summed E-state index contributed by atoms with van der Waals surface area (Å²) in [7, 11) is 1.90. The van der Waals surface area contributed by atoms with Crippen LogP contribution >= 0.6 is 0 Å². The van der Waals surface area contributed by atoms with E-state index >= 15 is 0 Å². The largest absolute Gasteiger partial charge is 0.370 e. The number of nitrogens with zero attached hydrogens (tertiary/aromatic N) is 5. The van der Waals surface area contributed by atoms with Crippen molar-refractivity contribution >= 4 is 5.91 Å². The molecule has 2 aromatic heterocycles. The molecule has 0 radical (unpaired) electrons. The van der Waals surface area contributed by atoms with Gasteiger partial charge in [0.1, 0.15) is 0 Å². The van der Waals surface area contributed by atoms with Gasteiger partial charge in [-0.05, 0) is 23.6 Å². The Balaban J connectivity index is 1.69. The first-order chi connectivity index (χ1) is 13.0. The number of hydrogen-bond donors (Lipinski definition) is 0. The summed E-state index contributed by atoms with van der Waals surface area (Å²) >= 11 is 0. The average Bonchev–Trinajstić information content (AvgIpc) is 2.97. The van der Waals surface area contributed by atoms with Crippen LogP contribution in [0.15, 0.2) is 36.9 Å². The minimum atomic E-state index is -0.0277. The Morgan fingerprint density at radius 3 is 2.67 bits per heavy atom. The second-order valence-electron chi connectivity index (χ2n) is 7.67. The summed E-state index contributed by atoms with van der Waals surface area (Å²) in [4.78, 5) is 20.9. The standard InChI is InChI=1S/C20H29N5O2/c1-16(2)9-25-13-19(27-15-17-4-6-21-7-5-17)12-24(14-20(25)26)11-18-8-22-23(3)10-18/h4-8,10,16,19H,9,11-15H2,1-3H3. The number of ether oxygens (including phenoxy) is 1. The Labute approximate surface area is 160 Å². The lowest BCUT2D eigenvalue weighted by atomic mass is 10.2. The van der Waals surface area contributed by atoms with Crippen molar-refractivity contribution < 1.29 is 9.53 Å². The third-order valence-electron chi connectivity index (χ3n) is 4.58. The Kier molecular flexibility index (Phi) is 6.58. The molecule has 3 heterocycles. The maximum absolute atomic E-state index is 12.8. The van der Waals surface area contributed by atoms with E-state index in [2.05, 4.69) is 28.8 Å². The van der Waals surface area contributed by atoms with Crippen molar-refractivity contribution in [3.63, 3.8) is 0 Å². The van der Waals surface area contributed by atoms with Crippen LogP contribution in [0.2, 0.25) is 0 Å². The molecular weight excluding hydrogens is 342 g/mol. The lowest BCUT2D eigenvalue weighted by molar-refractivity contribution is -0.132. The molecule has 27 heavy (non-hydrogen) atoms. The van der Waals surface area contributed by atoms with Crippen LogP contribution in [-0.2, 0) is 29.7 Å². The first-order valence-corrected chi connectivity index (χ1v) is 9.47. The summed E-state index contributed by atoms with van der Waals surface area (Å²) in [5.74, 6) is 0.599.